The number of piperazine rings is 1. The van der Waals surface area contributed by atoms with Gasteiger partial charge >= 0.3 is 0 Å². The maximum absolute atomic E-state index is 2.85. The van der Waals surface area contributed by atoms with Crippen LogP contribution in [0.1, 0.15) is 59.8 Å². The maximum atomic E-state index is 2.85. The molecule has 2 aliphatic heterocycles. The van der Waals surface area contributed by atoms with Gasteiger partial charge in [0.15, 0.2) is 0 Å². The first-order valence-corrected chi connectivity index (χ1v) is 9.82. The second-order valence-corrected chi connectivity index (χ2v) is 8.37. The second-order valence-electron chi connectivity index (χ2n) is 8.37. The molecule has 0 aromatic carbocycles. The van der Waals surface area contributed by atoms with E-state index in [1.165, 1.54) is 64.8 Å². The molecule has 1 saturated carbocycles. The highest BCUT2D eigenvalue weighted by Crippen LogP contribution is 2.32. The van der Waals surface area contributed by atoms with Gasteiger partial charge in [-0.25, -0.2) is 0 Å². The molecule has 0 spiro atoms. The fourth-order valence-corrected chi connectivity index (χ4v) is 4.90. The molecular formula is C19H37N3. The summed E-state index contributed by atoms with van der Waals surface area (Å²) in [6, 6.07) is 3.20. The molecule has 2 saturated heterocycles. The fraction of sp³-hybridized carbons (Fsp3) is 1.00. The molecule has 3 fully saturated rings. The van der Waals surface area contributed by atoms with Crippen molar-refractivity contribution in [1.82, 2.24) is 14.7 Å². The van der Waals surface area contributed by atoms with Crippen LogP contribution in [-0.4, -0.2) is 71.6 Å². The lowest BCUT2D eigenvalue weighted by molar-refractivity contribution is -0.0396. The smallest absolute Gasteiger partial charge is 0.0351 e. The van der Waals surface area contributed by atoms with Gasteiger partial charge in [-0.15, -0.1) is 0 Å². The summed E-state index contributed by atoms with van der Waals surface area (Å²) in [6.45, 7) is 16.0. The maximum Gasteiger partial charge on any atom is 0.0351 e. The Kier molecular flexibility index (Phi) is 5.47. The first-order chi connectivity index (χ1) is 10.6. The summed E-state index contributed by atoms with van der Waals surface area (Å²) in [5.74, 6) is 1.02. The molecule has 3 aliphatic rings. The fourth-order valence-electron chi connectivity index (χ4n) is 4.90. The highest BCUT2D eigenvalue weighted by molar-refractivity contribution is 4.95. The van der Waals surface area contributed by atoms with Crippen LogP contribution < -0.4 is 0 Å². The normalized spacial score (nSPS) is 36.7. The van der Waals surface area contributed by atoms with Gasteiger partial charge in [0.1, 0.15) is 0 Å². The van der Waals surface area contributed by atoms with Crippen LogP contribution in [-0.2, 0) is 0 Å². The predicted octanol–water partition coefficient (Wildman–Crippen LogP) is 3.05. The lowest BCUT2D eigenvalue weighted by atomic mass is 9.83. The molecule has 0 amide bonds. The number of likely N-dealkylation sites (tertiary alicyclic amines) is 1. The summed E-state index contributed by atoms with van der Waals surface area (Å²) in [4.78, 5) is 8.23. The van der Waals surface area contributed by atoms with Crippen molar-refractivity contribution in [3.63, 3.8) is 0 Å². The van der Waals surface area contributed by atoms with E-state index in [9.17, 15) is 0 Å². The number of rotatable bonds is 4. The van der Waals surface area contributed by atoms with Gasteiger partial charge < -0.3 is 0 Å². The average molecular weight is 308 g/mol. The highest BCUT2D eigenvalue weighted by Gasteiger charge is 2.38. The molecule has 2 heterocycles. The molecule has 1 atom stereocenters. The van der Waals surface area contributed by atoms with Crippen LogP contribution in [0, 0.1) is 5.92 Å². The lowest BCUT2D eigenvalue weighted by Gasteiger charge is -2.53. The molecule has 22 heavy (non-hydrogen) atoms. The Morgan fingerprint density at radius 3 is 2.14 bits per heavy atom. The zero-order valence-electron chi connectivity index (χ0n) is 15.3. The van der Waals surface area contributed by atoms with Crippen LogP contribution in [0.4, 0.5) is 0 Å². The molecule has 3 rings (SSSR count). The molecule has 0 bridgehead atoms. The van der Waals surface area contributed by atoms with E-state index in [1.54, 1.807) is 0 Å². The quantitative estimate of drug-likeness (QED) is 0.790. The summed E-state index contributed by atoms with van der Waals surface area (Å²) in [5, 5.41) is 0. The summed E-state index contributed by atoms with van der Waals surface area (Å²) < 4.78 is 0. The Morgan fingerprint density at radius 2 is 1.59 bits per heavy atom. The van der Waals surface area contributed by atoms with Crippen LogP contribution in [0.25, 0.3) is 0 Å². The summed E-state index contributed by atoms with van der Waals surface area (Å²) in [7, 11) is 0. The van der Waals surface area contributed by atoms with Crippen molar-refractivity contribution < 1.29 is 0 Å². The van der Waals surface area contributed by atoms with Gasteiger partial charge in [-0.3, -0.25) is 14.7 Å². The topological polar surface area (TPSA) is 9.72 Å². The minimum absolute atomic E-state index is 0.726. The molecule has 128 valence electrons. The van der Waals surface area contributed by atoms with Gasteiger partial charge in [-0.1, -0.05) is 13.3 Å². The minimum Gasteiger partial charge on any atom is -0.298 e. The monoisotopic (exact) mass is 307 g/mol. The number of hydrogen-bond acceptors (Lipinski definition) is 3. The van der Waals surface area contributed by atoms with Crippen LogP contribution >= 0.6 is 0 Å². The lowest BCUT2D eigenvalue weighted by Crippen LogP contribution is -2.66. The minimum atomic E-state index is 0.726. The number of nitrogens with zero attached hydrogens (tertiary/aromatic N) is 3. The molecule has 3 nitrogen and oxygen atoms in total. The Morgan fingerprint density at radius 1 is 0.909 bits per heavy atom. The van der Waals surface area contributed by atoms with Crippen molar-refractivity contribution >= 4 is 0 Å². The zero-order chi connectivity index (χ0) is 15.7. The third-order valence-corrected chi connectivity index (χ3v) is 6.71. The van der Waals surface area contributed by atoms with E-state index >= 15 is 0 Å². The van der Waals surface area contributed by atoms with Gasteiger partial charge in [-0.05, 0) is 52.4 Å². The third kappa shape index (κ3) is 3.52. The van der Waals surface area contributed by atoms with E-state index in [0.29, 0.717) is 0 Å². The van der Waals surface area contributed by atoms with E-state index in [-0.39, 0.29) is 0 Å². The first-order valence-electron chi connectivity index (χ1n) is 9.82. The van der Waals surface area contributed by atoms with Crippen molar-refractivity contribution in [1.29, 1.82) is 0 Å². The largest absolute Gasteiger partial charge is 0.298 e. The summed E-state index contributed by atoms with van der Waals surface area (Å²) in [6.07, 6.45) is 7.24. The zero-order valence-corrected chi connectivity index (χ0v) is 15.3. The Bertz CT molecular complexity index is 343. The molecule has 3 heteroatoms. The van der Waals surface area contributed by atoms with Crippen LogP contribution in [0.3, 0.4) is 0 Å². The molecule has 0 aromatic rings. The van der Waals surface area contributed by atoms with Gasteiger partial charge in [0, 0.05) is 56.9 Å². The van der Waals surface area contributed by atoms with Crippen LogP contribution in [0.5, 0.6) is 0 Å². The van der Waals surface area contributed by atoms with Gasteiger partial charge in [0.25, 0.3) is 0 Å². The summed E-state index contributed by atoms with van der Waals surface area (Å²) in [5.41, 5.74) is 0. The molecule has 1 aliphatic carbocycles. The van der Waals surface area contributed by atoms with E-state index in [4.69, 9.17) is 0 Å². The SMILES string of the molecule is CCC1CCC(N2CCN(C3CN(C(C)C)C3)C[C@@H]2C)CC1. The Balaban J connectivity index is 1.45. The predicted molar refractivity (Wildman–Crippen MR) is 94.3 cm³/mol. The number of hydrogen-bond donors (Lipinski definition) is 0. The highest BCUT2D eigenvalue weighted by atomic mass is 15.4. The van der Waals surface area contributed by atoms with E-state index in [1.807, 2.05) is 0 Å². The molecule has 0 N–H and O–H groups in total. The molecule has 0 unspecified atom stereocenters. The van der Waals surface area contributed by atoms with E-state index in [0.717, 1.165) is 30.1 Å². The first kappa shape index (κ1) is 16.7. The Labute approximate surface area is 138 Å². The van der Waals surface area contributed by atoms with Crippen molar-refractivity contribution in [3.05, 3.63) is 0 Å². The van der Waals surface area contributed by atoms with Crippen molar-refractivity contribution in [2.75, 3.05) is 32.7 Å². The standard InChI is InChI=1S/C19H37N3/c1-5-17-6-8-18(9-7-17)22-11-10-20(12-16(22)4)19-13-21(14-19)15(2)3/h15-19H,5-14H2,1-4H3/t16-,17?,18?/m0/s1. The van der Waals surface area contributed by atoms with Crippen molar-refractivity contribution in [2.24, 2.45) is 5.92 Å². The van der Waals surface area contributed by atoms with Crippen molar-refractivity contribution in [3.8, 4) is 0 Å². The van der Waals surface area contributed by atoms with Crippen LogP contribution in [0.15, 0.2) is 0 Å². The summed E-state index contributed by atoms with van der Waals surface area (Å²) >= 11 is 0. The average Bonchev–Trinajstić information content (AvgIpc) is 2.46. The van der Waals surface area contributed by atoms with E-state index < -0.39 is 0 Å². The molecule has 0 radical (unpaired) electrons. The molecule has 0 aromatic heterocycles. The van der Waals surface area contributed by atoms with E-state index in [2.05, 4.69) is 42.4 Å². The van der Waals surface area contributed by atoms with Gasteiger partial charge in [0.05, 0.1) is 0 Å². The molecular weight excluding hydrogens is 270 g/mol. The third-order valence-electron chi connectivity index (χ3n) is 6.71. The second kappa shape index (κ2) is 7.19. The Hall–Kier alpha value is -0.120. The van der Waals surface area contributed by atoms with Crippen molar-refractivity contribution in [2.45, 2.75) is 84.0 Å². The van der Waals surface area contributed by atoms with Crippen LogP contribution in [0.2, 0.25) is 0 Å². The van der Waals surface area contributed by atoms with Gasteiger partial charge in [-0.2, -0.15) is 0 Å². The van der Waals surface area contributed by atoms with Gasteiger partial charge in [0.2, 0.25) is 0 Å².